The standard InChI is InChI=1S/C20H20O6/c1-23-17-6-4-5-15(19(17)24-2)11-12-18(21)26-13-14-7-9-16(10-8-14)20(22)25-3/h4-12H,13H2,1-3H3/b12-11+. The second kappa shape index (κ2) is 9.27. The average molecular weight is 356 g/mol. The van der Waals surface area contributed by atoms with Gasteiger partial charge in [0.1, 0.15) is 6.61 Å². The van der Waals surface area contributed by atoms with Crippen molar-refractivity contribution in [1.29, 1.82) is 0 Å². The lowest BCUT2D eigenvalue weighted by molar-refractivity contribution is -0.138. The van der Waals surface area contributed by atoms with Gasteiger partial charge < -0.3 is 18.9 Å². The van der Waals surface area contributed by atoms with Gasteiger partial charge in [0.05, 0.1) is 26.9 Å². The summed E-state index contributed by atoms with van der Waals surface area (Å²) in [5.41, 5.74) is 1.90. The van der Waals surface area contributed by atoms with Crippen LogP contribution in [0.15, 0.2) is 48.5 Å². The molecule has 0 N–H and O–H groups in total. The molecule has 0 amide bonds. The van der Waals surface area contributed by atoms with Crippen LogP contribution in [-0.4, -0.2) is 33.3 Å². The molecule has 0 saturated carbocycles. The Kier molecular flexibility index (Phi) is 6.79. The fraction of sp³-hybridized carbons (Fsp3) is 0.200. The Morgan fingerprint density at radius 2 is 1.69 bits per heavy atom. The van der Waals surface area contributed by atoms with E-state index in [1.165, 1.54) is 20.3 Å². The highest BCUT2D eigenvalue weighted by Gasteiger charge is 2.08. The molecule has 2 aromatic carbocycles. The molecule has 0 fully saturated rings. The van der Waals surface area contributed by atoms with Gasteiger partial charge >= 0.3 is 11.9 Å². The fourth-order valence-electron chi connectivity index (χ4n) is 2.26. The number of rotatable bonds is 7. The van der Waals surface area contributed by atoms with Gasteiger partial charge in [-0.05, 0) is 29.8 Å². The van der Waals surface area contributed by atoms with Crippen molar-refractivity contribution in [2.75, 3.05) is 21.3 Å². The highest BCUT2D eigenvalue weighted by Crippen LogP contribution is 2.31. The molecule has 2 aromatic rings. The molecule has 6 nitrogen and oxygen atoms in total. The van der Waals surface area contributed by atoms with E-state index in [2.05, 4.69) is 4.74 Å². The van der Waals surface area contributed by atoms with Crippen LogP contribution in [0.4, 0.5) is 0 Å². The van der Waals surface area contributed by atoms with E-state index in [1.54, 1.807) is 55.7 Å². The van der Waals surface area contributed by atoms with Crippen molar-refractivity contribution in [3.63, 3.8) is 0 Å². The zero-order valence-electron chi connectivity index (χ0n) is 14.9. The normalized spacial score (nSPS) is 10.4. The van der Waals surface area contributed by atoms with E-state index >= 15 is 0 Å². The van der Waals surface area contributed by atoms with Gasteiger partial charge in [-0.3, -0.25) is 0 Å². The van der Waals surface area contributed by atoms with E-state index < -0.39 is 11.9 Å². The molecule has 0 unspecified atom stereocenters. The molecule has 0 aliphatic heterocycles. The number of benzene rings is 2. The molecule has 26 heavy (non-hydrogen) atoms. The van der Waals surface area contributed by atoms with Crippen LogP contribution in [0.5, 0.6) is 11.5 Å². The number of para-hydroxylation sites is 1. The first-order valence-corrected chi connectivity index (χ1v) is 7.82. The van der Waals surface area contributed by atoms with Gasteiger partial charge in [0.15, 0.2) is 11.5 Å². The summed E-state index contributed by atoms with van der Waals surface area (Å²) < 4.78 is 20.3. The maximum absolute atomic E-state index is 11.9. The summed E-state index contributed by atoms with van der Waals surface area (Å²) >= 11 is 0. The predicted molar refractivity (Wildman–Crippen MR) is 96.2 cm³/mol. The Bertz CT molecular complexity index is 792. The quantitative estimate of drug-likeness (QED) is 0.560. The minimum Gasteiger partial charge on any atom is -0.493 e. The maximum atomic E-state index is 11.9. The number of hydrogen-bond acceptors (Lipinski definition) is 6. The van der Waals surface area contributed by atoms with E-state index in [9.17, 15) is 9.59 Å². The largest absolute Gasteiger partial charge is 0.493 e. The van der Waals surface area contributed by atoms with Crippen molar-refractivity contribution in [2.45, 2.75) is 6.61 Å². The third kappa shape index (κ3) is 4.86. The summed E-state index contributed by atoms with van der Waals surface area (Å²) in [4.78, 5) is 23.3. The van der Waals surface area contributed by atoms with Gasteiger partial charge in [0, 0.05) is 11.6 Å². The first-order chi connectivity index (χ1) is 12.6. The zero-order chi connectivity index (χ0) is 18.9. The zero-order valence-corrected chi connectivity index (χ0v) is 14.9. The molecule has 0 aromatic heterocycles. The smallest absolute Gasteiger partial charge is 0.337 e. The summed E-state index contributed by atoms with van der Waals surface area (Å²) in [6, 6.07) is 12.0. The van der Waals surface area contributed by atoms with Crippen molar-refractivity contribution in [3.8, 4) is 11.5 Å². The molecule has 0 atom stereocenters. The Morgan fingerprint density at radius 3 is 2.31 bits per heavy atom. The SMILES string of the molecule is COC(=O)c1ccc(COC(=O)/C=C/c2cccc(OC)c2OC)cc1. The molecule has 136 valence electrons. The number of hydrogen-bond donors (Lipinski definition) is 0. The van der Waals surface area contributed by atoms with Crippen molar-refractivity contribution in [1.82, 2.24) is 0 Å². The van der Waals surface area contributed by atoms with E-state index in [4.69, 9.17) is 14.2 Å². The summed E-state index contributed by atoms with van der Waals surface area (Å²) in [7, 11) is 4.40. The van der Waals surface area contributed by atoms with Crippen LogP contribution >= 0.6 is 0 Å². The molecule has 0 aliphatic rings. The van der Waals surface area contributed by atoms with Crippen LogP contribution in [0.2, 0.25) is 0 Å². The highest BCUT2D eigenvalue weighted by molar-refractivity contribution is 5.89. The Morgan fingerprint density at radius 1 is 0.962 bits per heavy atom. The lowest BCUT2D eigenvalue weighted by atomic mass is 10.1. The third-order valence-electron chi connectivity index (χ3n) is 3.59. The molecule has 0 bridgehead atoms. The van der Waals surface area contributed by atoms with Crippen LogP contribution in [0.3, 0.4) is 0 Å². The van der Waals surface area contributed by atoms with Gasteiger partial charge in [-0.15, -0.1) is 0 Å². The molecular weight excluding hydrogens is 336 g/mol. The number of carbonyl (C=O) groups is 2. The van der Waals surface area contributed by atoms with Gasteiger partial charge in [-0.25, -0.2) is 9.59 Å². The van der Waals surface area contributed by atoms with Crippen molar-refractivity contribution in [2.24, 2.45) is 0 Å². The average Bonchev–Trinajstić information content (AvgIpc) is 2.69. The van der Waals surface area contributed by atoms with E-state index in [0.717, 1.165) is 5.56 Å². The van der Waals surface area contributed by atoms with Crippen LogP contribution < -0.4 is 9.47 Å². The number of carbonyl (C=O) groups excluding carboxylic acids is 2. The van der Waals surface area contributed by atoms with Crippen LogP contribution in [0, 0.1) is 0 Å². The van der Waals surface area contributed by atoms with Crippen LogP contribution in [-0.2, 0) is 20.9 Å². The maximum Gasteiger partial charge on any atom is 0.337 e. The van der Waals surface area contributed by atoms with Crippen molar-refractivity contribution in [3.05, 3.63) is 65.2 Å². The van der Waals surface area contributed by atoms with Crippen molar-refractivity contribution < 1.29 is 28.5 Å². The van der Waals surface area contributed by atoms with Crippen molar-refractivity contribution >= 4 is 18.0 Å². The number of ether oxygens (including phenoxy) is 4. The molecule has 6 heteroatoms. The Balaban J connectivity index is 1.97. The number of esters is 2. The Hall–Kier alpha value is -3.28. The van der Waals surface area contributed by atoms with Gasteiger partial charge in [0.2, 0.25) is 0 Å². The number of methoxy groups -OCH3 is 3. The molecule has 0 heterocycles. The predicted octanol–water partition coefficient (Wildman–Crippen LogP) is 3.25. The Labute approximate surface area is 151 Å². The molecule has 0 spiro atoms. The second-order valence-corrected chi connectivity index (χ2v) is 5.21. The van der Waals surface area contributed by atoms with Crippen LogP contribution in [0.25, 0.3) is 6.08 Å². The highest BCUT2D eigenvalue weighted by atomic mass is 16.5. The van der Waals surface area contributed by atoms with E-state index in [1.807, 2.05) is 0 Å². The molecule has 0 radical (unpaired) electrons. The summed E-state index contributed by atoms with van der Waals surface area (Å²) in [6.45, 7) is 0.0971. The van der Waals surface area contributed by atoms with E-state index in [0.29, 0.717) is 22.6 Å². The minimum atomic E-state index is -0.494. The summed E-state index contributed by atoms with van der Waals surface area (Å²) in [5.74, 6) is 0.210. The lowest BCUT2D eigenvalue weighted by Gasteiger charge is -2.09. The summed E-state index contributed by atoms with van der Waals surface area (Å²) in [5, 5.41) is 0. The van der Waals surface area contributed by atoms with Gasteiger partial charge in [0.25, 0.3) is 0 Å². The van der Waals surface area contributed by atoms with Gasteiger partial charge in [-0.1, -0.05) is 24.3 Å². The van der Waals surface area contributed by atoms with Crippen LogP contribution in [0.1, 0.15) is 21.5 Å². The molecule has 0 aliphatic carbocycles. The second-order valence-electron chi connectivity index (χ2n) is 5.21. The molecule has 0 saturated heterocycles. The summed E-state index contributed by atoms with van der Waals surface area (Å²) in [6.07, 6.45) is 2.92. The third-order valence-corrected chi connectivity index (χ3v) is 3.59. The molecular formula is C20H20O6. The van der Waals surface area contributed by atoms with E-state index in [-0.39, 0.29) is 6.61 Å². The fourth-order valence-corrected chi connectivity index (χ4v) is 2.26. The minimum absolute atomic E-state index is 0.0971. The first-order valence-electron chi connectivity index (χ1n) is 7.82. The first kappa shape index (κ1) is 19.1. The van der Waals surface area contributed by atoms with Gasteiger partial charge in [-0.2, -0.15) is 0 Å². The molecule has 2 rings (SSSR count). The monoisotopic (exact) mass is 356 g/mol. The lowest BCUT2D eigenvalue weighted by Crippen LogP contribution is -2.03. The topological polar surface area (TPSA) is 71.1 Å².